The van der Waals surface area contributed by atoms with Crippen LogP contribution in [0.1, 0.15) is 77.0 Å². The van der Waals surface area contributed by atoms with Crippen LogP contribution in [0.4, 0.5) is 44.3 Å². The van der Waals surface area contributed by atoms with Crippen molar-refractivity contribution < 1.29 is 74.0 Å². The minimum atomic E-state index is -5.08. The second-order valence-corrected chi connectivity index (χ2v) is 10.2. The number of nitrogens with one attached hydrogen (secondary N) is 2. The molecule has 0 bridgehead atoms. The Morgan fingerprint density at radius 3 is 1.67 bits per heavy atom. The number of aliphatic carboxylic acids is 3. The number of carboxylic acids is 3. The number of hydrogen-bond acceptors (Lipinski definition) is 7. The second-order valence-electron chi connectivity index (χ2n) is 10.2. The van der Waals surface area contributed by atoms with E-state index in [1.165, 1.54) is 32.1 Å². The molecule has 1 heterocycles. The van der Waals surface area contributed by atoms with Gasteiger partial charge in [0.05, 0.1) is 6.54 Å². The Balaban J connectivity index is -0.000000882. The number of guanidine groups is 2. The average Bonchev–Trinajstić information content (AvgIpc) is 3.01. The molecule has 0 spiro atoms. The highest BCUT2D eigenvalue weighted by Gasteiger charge is 2.39. The molecule has 0 radical (unpaired) electrons. The molecular formula is C28H44F9N7O7. The number of carbonyl (C=O) groups excluding carboxylic acids is 1. The lowest BCUT2D eigenvalue weighted by molar-refractivity contribution is -0.193. The summed E-state index contributed by atoms with van der Waals surface area (Å²) in [5.74, 6) is -5.15. The summed E-state index contributed by atoms with van der Waals surface area (Å²) in [7, 11) is 0. The Morgan fingerprint density at radius 2 is 1.22 bits per heavy atom. The first-order valence-corrected chi connectivity index (χ1v) is 15.2. The molecule has 296 valence electrons. The molecule has 0 fully saturated rings. The van der Waals surface area contributed by atoms with E-state index in [-0.39, 0.29) is 12.0 Å². The predicted molar refractivity (Wildman–Crippen MR) is 166 cm³/mol. The number of nitrogens with two attached hydrogens (primary N) is 2. The molecule has 1 aliphatic heterocycles. The fourth-order valence-corrected chi connectivity index (χ4v) is 3.38. The third kappa shape index (κ3) is 35.0. The van der Waals surface area contributed by atoms with E-state index in [9.17, 15) is 44.3 Å². The summed E-state index contributed by atoms with van der Waals surface area (Å²) in [4.78, 5) is 49.6. The summed E-state index contributed by atoms with van der Waals surface area (Å²) in [5.41, 5.74) is 11.5. The van der Waals surface area contributed by atoms with Crippen LogP contribution in [0.15, 0.2) is 9.98 Å². The number of carbonyl (C=O) groups is 4. The Kier molecular flexibility index (Phi) is 27.9. The van der Waals surface area contributed by atoms with E-state index >= 15 is 0 Å². The zero-order valence-corrected chi connectivity index (χ0v) is 27.5. The molecule has 0 atom stereocenters. The molecule has 23 heteroatoms. The van der Waals surface area contributed by atoms with Crippen molar-refractivity contribution in [1.82, 2.24) is 15.5 Å². The number of urea groups is 1. The lowest BCUT2D eigenvalue weighted by Crippen LogP contribution is -2.46. The molecule has 0 unspecified atom stereocenters. The van der Waals surface area contributed by atoms with Gasteiger partial charge in [-0.25, -0.2) is 19.2 Å². The van der Waals surface area contributed by atoms with Crippen LogP contribution in [0.5, 0.6) is 0 Å². The number of rotatable bonds is 10. The van der Waals surface area contributed by atoms with Crippen LogP contribution < -0.4 is 22.1 Å². The van der Waals surface area contributed by atoms with Gasteiger partial charge in [0, 0.05) is 26.2 Å². The van der Waals surface area contributed by atoms with Gasteiger partial charge >= 0.3 is 42.5 Å². The summed E-state index contributed by atoms with van der Waals surface area (Å²) >= 11 is 0. The van der Waals surface area contributed by atoms with Gasteiger partial charge < -0.3 is 37.0 Å². The van der Waals surface area contributed by atoms with Crippen molar-refractivity contribution in [2.75, 3.05) is 32.7 Å². The molecule has 0 saturated carbocycles. The summed E-state index contributed by atoms with van der Waals surface area (Å²) < 4.78 is 95.2. The van der Waals surface area contributed by atoms with Crippen LogP contribution in [0, 0.1) is 12.3 Å². The maximum atomic E-state index is 12.5. The minimum absolute atomic E-state index is 0.121. The average molecular weight is 762 g/mol. The Hall–Kier alpha value is -4.65. The van der Waals surface area contributed by atoms with Gasteiger partial charge in [-0.1, -0.05) is 57.3 Å². The quantitative estimate of drug-likeness (QED) is 0.0544. The zero-order chi connectivity index (χ0) is 40.1. The van der Waals surface area contributed by atoms with Gasteiger partial charge in [0.15, 0.2) is 11.9 Å². The van der Waals surface area contributed by atoms with Crippen LogP contribution >= 0.6 is 0 Å². The number of amides is 2. The van der Waals surface area contributed by atoms with Crippen LogP contribution in [-0.2, 0) is 14.4 Å². The summed E-state index contributed by atoms with van der Waals surface area (Å²) in [6.07, 6.45) is 3.39. The Labute approximate surface area is 287 Å². The number of aliphatic imine (C=N–C) groups is 2. The van der Waals surface area contributed by atoms with E-state index in [1.807, 2.05) is 4.90 Å². The fourth-order valence-electron chi connectivity index (χ4n) is 3.38. The van der Waals surface area contributed by atoms with Gasteiger partial charge in [-0.05, 0) is 25.7 Å². The van der Waals surface area contributed by atoms with E-state index in [4.69, 9.17) is 47.6 Å². The normalized spacial score (nSPS) is 14.7. The maximum Gasteiger partial charge on any atom is 0.490 e. The van der Waals surface area contributed by atoms with Crippen molar-refractivity contribution in [2.24, 2.45) is 21.5 Å². The van der Waals surface area contributed by atoms with Crippen LogP contribution in [-0.4, -0.2) is 107 Å². The second kappa shape index (κ2) is 28.1. The lowest BCUT2D eigenvalue weighted by Gasteiger charge is -2.23. The molecule has 14 nitrogen and oxygen atoms in total. The molecule has 0 aromatic heterocycles. The summed E-state index contributed by atoms with van der Waals surface area (Å²) in [6, 6.07) is -0.121. The monoisotopic (exact) mass is 761 g/mol. The number of carboxylic acid groups (broad SMARTS) is 3. The molecular weight excluding hydrogens is 717 g/mol. The van der Waals surface area contributed by atoms with Gasteiger partial charge in [0.25, 0.3) is 0 Å². The zero-order valence-electron chi connectivity index (χ0n) is 27.5. The Bertz CT molecular complexity index is 1070. The first-order valence-electron chi connectivity index (χ1n) is 15.2. The molecule has 51 heavy (non-hydrogen) atoms. The van der Waals surface area contributed by atoms with Crippen molar-refractivity contribution in [2.45, 2.75) is 95.6 Å². The number of alkyl halides is 9. The molecule has 0 aromatic carbocycles. The molecule has 0 aliphatic carbocycles. The summed E-state index contributed by atoms with van der Waals surface area (Å²) in [5, 5.41) is 27.0. The molecule has 0 aromatic rings. The smallest absolute Gasteiger partial charge is 0.475 e. The first kappa shape index (κ1) is 50.7. The highest BCUT2D eigenvalue weighted by molar-refractivity contribution is 5.95. The number of nitrogens with zero attached hydrogens (tertiary/aromatic N) is 3. The molecule has 9 N–H and O–H groups in total. The molecule has 0 saturated heterocycles. The van der Waals surface area contributed by atoms with Crippen molar-refractivity contribution >= 4 is 35.9 Å². The van der Waals surface area contributed by atoms with E-state index in [0.717, 1.165) is 64.6 Å². The van der Waals surface area contributed by atoms with Gasteiger partial charge in [-0.15, -0.1) is 6.42 Å². The van der Waals surface area contributed by atoms with Crippen molar-refractivity contribution in [3.8, 4) is 12.3 Å². The highest BCUT2D eigenvalue weighted by atomic mass is 19.4. The fraction of sp³-hybridized carbons (Fsp3) is 0.714. The van der Waals surface area contributed by atoms with E-state index in [0.29, 0.717) is 19.0 Å². The third-order valence-corrected chi connectivity index (χ3v) is 5.86. The molecule has 1 rings (SSSR count). The van der Waals surface area contributed by atoms with Crippen LogP contribution in [0.2, 0.25) is 0 Å². The third-order valence-electron chi connectivity index (χ3n) is 5.86. The molecule has 2 amide bonds. The maximum absolute atomic E-state index is 12.5. The number of hydrogen-bond donors (Lipinski definition) is 7. The standard InChI is InChI=1S/C22H41N7O.3C2HF3O2/c1-2-15-25-20(23)26-16-11-7-3-5-9-13-18-29-19-14-10-6-4-8-12-17-27-21(24)28-22(29)30;3*3-2(4,5)1(6)7/h1H,3-19H2,(H3,23,25,26)(H3,24,27,28,30);3*(H,6,7). The van der Waals surface area contributed by atoms with Crippen LogP contribution in [0.3, 0.4) is 0 Å². The van der Waals surface area contributed by atoms with Crippen molar-refractivity contribution in [3.05, 3.63) is 0 Å². The number of terminal acetylenes is 1. The largest absolute Gasteiger partial charge is 0.490 e. The van der Waals surface area contributed by atoms with Gasteiger partial charge in [0.1, 0.15) is 0 Å². The number of unbranched alkanes of at least 4 members (excludes halogenated alkanes) is 5. The first-order chi connectivity index (χ1) is 23.5. The van der Waals surface area contributed by atoms with Crippen LogP contribution in [0.25, 0.3) is 0 Å². The van der Waals surface area contributed by atoms with Gasteiger partial charge in [0.2, 0.25) is 0 Å². The van der Waals surface area contributed by atoms with E-state index < -0.39 is 36.4 Å². The number of halogens is 9. The van der Waals surface area contributed by atoms with Gasteiger partial charge in [-0.2, -0.15) is 39.5 Å². The van der Waals surface area contributed by atoms with E-state index in [1.54, 1.807) is 0 Å². The highest BCUT2D eigenvalue weighted by Crippen LogP contribution is 2.14. The SMILES string of the molecule is C#CCNC(N)=NCCCCCCCCN1CCCCCCCCN=C(N)NC1=O.O=C(O)C(F)(F)F.O=C(O)C(F)(F)F.O=C(O)C(F)(F)F. The topological polar surface area (TPSA) is 233 Å². The minimum Gasteiger partial charge on any atom is -0.475 e. The lowest BCUT2D eigenvalue weighted by atomic mass is 10.1. The van der Waals surface area contributed by atoms with Gasteiger partial charge in [-0.3, -0.25) is 15.3 Å². The summed E-state index contributed by atoms with van der Waals surface area (Å²) in [6.45, 7) is 3.36. The van der Waals surface area contributed by atoms with E-state index in [2.05, 4.69) is 26.5 Å². The molecule has 1 aliphatic rings. The predicted octanol–water partition coefficient (Wildman–Crippen LogP) is 4.44. The van der Waals surface area contributed by atoms with Crippen molar-refractivity contribution in [1.29, 1.82) is 0 Å². The van der Waals surface area contributed by atoms with Crippen molar-refractivity contribution in [3.63, 3.8) is 0 Å². The Morgan fingerprint density at radius 1 is 0.804 bits per heavy atom.